The van der Waals surface area contributed by atoms with Gasteiger partial charge in [0.1, 0.15) is 11.5 Å². The van der Waals surface area contributed by atoms with E-state index in [0.29, 0.717) is 42.0 Å². The number of furan rings is 1. The van der Waals surface area contributed by atoms with Crippen LogP contribution in [0.2, 0.25) is 0 Å². The van der Waals surface area contributed by atoms with Crippen LogP contribution in [-0.2, 0) is 0 Å². The van der Waals surface area contributed by atoms with Gasteiger partial charge in [0.05, 0.1) is 5.92 Å². The fraction of sp³-hybridized carbons (Fsp3) is 0.474. The van der Waals surface area contributed by atoms with Crippen molar-refractivity contribution in [1.29, 1.82) is 0 Å². The Labute approximate surface area is 156 Å². The lowest BCUT2D eigenvalue weighted by atomic mass is 9.97. The first kappa shape index (κ1) is 17.5. The normalized spacial score (nSPS) is 17.6. The number of likely N-dealkylation sites (tertiary alicyclic amines) is 1. The molecule has 1 saturated heterocycles. The number of carbonyl (C=O) groups excluding carboxylic acids is 1. The van der Waals surface area contributed by atoms with Gasteiger partial charge in [-0.15, -0.1) is 0 Å². The second-order valence-corrected chi connectivity index (χ2v) is 7.31. The molecule has 1 unspecified atom stereocenters. The van der Waals surface area contributed by atoms with Crippen LogP contribution in [0.1, 0.15) is 66.5 Å². The van der Waals surface area contributed by atoms with Crippen molar-refractivity contribution < 1.29 is 13.7 Å². The predicted octanol–water partition coefficient (Wildman–Crippen LogP) is 3.50. The highest BCUT2D eigenvalue weighted by atomic mass is 16.5. The molecule has 4 heterocycles. The fourth-order valence-corrected chi connectivity index (χ4v) is 3.31. The monoisotopic (exact) mass is 369 g/mol. The van der Waals surface area contributed by atoms with E-state index in [1.54, 1.807) is 11.0 Å². The largest absolute Gasteiger partial charge is 0.460 e. The maximum atomic E-state index is 12.9. The number of rotatable bonds is 4. The molecule has 27 heavy (non-hydrogen) atoms. The zero-order valence-electron chi connectivity index (χ0n) is 15.7. The van der Waals surface area contributed by atoms with Gasteiger partial charge in [-0.2, -0.15) is 10.1 Å². The lowest BCUT2D eigenvalue weighted by molar-refractivity contribution is 0.0689. The molecule has 4 rings (SSSR count). The number of aromatic nitrogens is 4. The van der Waals surface area contributed by atoms with Gasteiger partial charge in [-0.05, 0) is 31.9 Å². The van der Waals surface area contributed by atoms with E-state index in [2.05, 4.69) is 20.3 Å². The van der Waals surface area contributed by atoms with Crippen LogP contribution in [0, 0.1) is 6.92 Å². The third-order valence-corrected chi connectivity index (χ3v) is 4.83. The Kier molecular flexibility index (Phi) is 4.55. The predicted molar refractivity (Wildman–Crippen MR) is 97.3 cm³/mol. The maximum Gasteiger partial charge on any atom is 0.274 e. The number of hydrogen-bond acceptors (Lipinski definition) is 6. The Morgan fingerprint density at radius 2 is 2.22 bits per heavy atom. The van der Waals surface area contributed by atoms with Crippen molar-refractivity contribution in [1.82, 2.24) is 25.2 Å². The highest BCUT2D eigenvalue weighted by molar-refractivity contribution is 5.93. The Bertz CT molecular complexity index is 939. The van der Waals surface area contributed by atoms with Crippen molar-refractivity contribution in [2.45, 2.75) is 45.4 Å². The zero-order valence-corrected chi connectivity index (χ0v) is 15.7. The summed E-state index contributed by atoms with van der Waals surface area (Å²) in [4.78, 5) is 19.2. The van der Waals surface area contributed by atoms with Gasteiger partial charge in [0.2, 0.25) is 5.89 Å². The van der Waals surface area contributed by atoms with Gasteiger partial charge in [-0.3, -0.25) is 9.89 Å². The highest BCUT2D eigenvalue weighted by Crippen LogP contribution is 2.28. The number of hydrogen-bond donors (Lipinski definition) is 1. The molecule has 1 N–H and O–H groups in total. The molecule has 1 fully saturated rings. The van der Waals surface area contributed by atoms with Crippen LogP contribution >= 0.6 is 0 Å². The Morgan fingerprint density at radius 1 is 1.37 bits per heavy atom. The lowest BCUT2D eigenvalue weighted by Gasteiger charge is -2.30. The molecule has 0 spiro atoms. The lowest BCUT2D eigenvalue weighted by Crippen LogP contribution is -2.39. The van der Waals surface area contributed by atoms with Crippen LogP contribution in [-0.4, -0.2) is 44.2 Å². The molecule has 0 radical (unpaired) electrons. The van der Waals surface area contributed by atoms with Gasteiger partial charge in [0.15, 0.2) is 17.3 Å². The van der Waals surface area contributed by atoms with Gasteiger partial charge in [-0.1, -0.05) is 19.0 Å². The van der Waals surface area contributed by atoms with Gasteiger partial charge in [0, 0.05) is 25.1 Å². The zero-order chi connectivity index (χ0) is 19.0. The smallest absolute Gasteiger partial charge is 0.274 e. The first-order valence-corrected chi connectivity index (χ1v) is 9.26. The Hall–Kier alpha value is -2.90. The molecule has 0 bridgehead atoms. The quantitative estimate of drug-likeness (QED) is 0.755. The van der Waals surface area contributed by atoms with Crippen LogP contribution in [0.3, 0.4) is 0 Å². The number of piperidine rings is 1. The number of amides is 1. The van der Waals surface area contributed by atoms with Crippen molar-refractivity contribution in [3.05, 3.63) is 41.4 Å². The van der Waals surface area contributed by atoms with Crippen LogP contribution < -0.4 is 0 Å². The number of H-pyrrole nitrogens is 1. The second kappa shape index (κ2) is 7.02. The van der Waals surface area contributed by atoms with Gasteiger partial charge in [0.25, 0.3) is 5.91 Å². The highest BCUT2D eigenvalue weighted by Gasteiger charge is 2.30. The summed E-state index contributed by atoms with van der Waals surface area (Å²) in [7, 11) is 0. The van der Waals surface area contributed by atoms with Gasteiger partial charge in [-0.25, -0.2) is 0 Å². The molecule has 1 atom stereocenters. The van der Waals surface area contributed by atoms with Crippen LogP contribution in [0.5, 0.6) is 0 Å². The molecule has 1 amide bonds. The molecule has 1 aliphatic heterocycles. The van der Waals surface area contributed by atoms with Crippen LogP contribution in [0.4, 0.5) is 0 Å². The minimum atomic E-state index is -0.103. The SMILES string of the molecule is Cc1ccc(-c2cc(C(=O)N3CCCC(c4nc(C(C)C)no4)C3)n[nH]2)o1. The summed E-state index contributed by atoms with van der Waals surface area (Å²) in [5.74, 6) is 2.98. The van der Waals surface area contributed by atoms with E-state index < -0.39 is 0 Å². The third-order valence-electron chi connectivity index (χ3n) is 4.83. The molecular weight excluding hydrogens is 346 g/mol. The number of aromatic amines is 1. The summed E-state index contributed by atoms with van der Waals surface area (Å²) in [6, 6.07) is 5.46. The minimum Gasteiger partial charge on any atom is -0.460 e. The molecule has 8 heteroatoms. The number of nitrogens with zero attached hydrogens (tertiary/aromatic N) is 4. The molecule has 3 aromatic heterocycles. The first-order chi connectivity index (χ1) is 13.0. The van der Waals surface area contributed by atoms with E-state index >= 15 is 0 Å². The van der Waals surface area contributed by atoms with Crippen molar-refractivity contribution in [3.63, 3.8) is 0 Å². The molecule has 3 aromatic rings. The third kappa shape index (κ3) is 3.51. The summed E-state index contributed by atoms with van der Waals surface area (Å²) in [5, 5.41) is 11.1. The van der Waals surface area contributed by atoms with E-state index in [-0.39, 0.29) is 17.7 Å². The number of carbonyl (C=O) groups is 1. The fourth-order valence-electron chi connectivity index (χ4n) is 3.31. The average molecular weight is 369 g/mol. The van der Waals surface area contributed by atoms with E-state index in [4.69, 9.17) is 8.94 Å². The summed E-state index contributed by atoms with van der Waals surface area (Å²) >= 11 is 0. The Balaban J connectivity index is 1.47. The van der Waals surface area contributed by atoms with Crippen molar-refractivity contribution in [2.75, 3.05) is 13.1 Å². The Morgan fingerprint density at radius 3 is 2.93 bits per heavy atom. The van der Waals surface area contributed by atoms with Crippen molar-refractivity contribution in [3.8, 4) is 11.5 Å². The van der Waals surface area contributed by atoms with Crippen LogP contribution in [0.15, 0.2) is 27.1 Å². The second-order valence-electron chi connectivity index (χ2n) is 7.31. The van der Waals surface area contributed by atoms with E-state index in [9.17, 15) is 4.79 Å². The van der Waals surface area contributed by atoms with Gasteiger partial charge < -0.3 is 13.8 Å². The topological polar surface area (TPSA) is 101 Å². The van der Waals surface area contributed by atoms with Crippen molar-refractivity contribution >= 4 is 5.91 Å². The number of aryl methyl sites for hydroxylation is 1. The molecular formula is C19H23N5O3. The number of nitrogens with one attached hydrogen (secondary N) is 1. The molecule has 1 aliphatic rings. The van der Waals surface area contributed by atoms with Crippen molar-refractivity contribution in [2.24, 2.45) is 0 Å². The first-order valence-electron chi connectivity index (χ1n) is 9.26. The summed E-state index contributed by atoms with van der Waals surface area (Å²) < 4.78 is 11.0. The summed E-state index contributed by atoms with van der Waals surface area (Å²) in [5.41, 5.74) is 1.08. The summed E-state index contributed by atoms with van der Waals surface area (Å²) in [6.07, 6.45) is 1.82. The maximum absolute atomic E-state index is 12.9. The standard InChI is InChI=1S/C19H23N5O3/c1-11(2)17-20-18(27-23-17)13-5-4-8-24(10-13)19(25)15-9-14(21-22-15)16-7-6-12(3)26-16/h6-7,9,11,13H,4-5,8,10H2,1-3H3,(H,21,22). The van der Waals surface area contributed by atoms with E-state index in [1.807, 2.05) is 32.9 Å². The molecule has 0 aromatic carbocycles. The molecule has 0 aliphatic carbocycles. The van der Waals surface area contributed by atoms with E-state index in [0.717, 1.165) is 18.6 Å². The summed E-state index contributed by atoms with van der Waals surface area (Å²) in [6.45, 7) is 7.19. The minimum absolute atomic E-state index is 0.0637. The van der Waals surface area contributed by atoms with Crippen LogP contribution in [0.25, 0.3) is 11.5 Å². The molecule has 142 valence electrons. The van der Waals surface area contributed by atoms with Gasteiger partial charge >= 0.3 is 0 Å². The molecule has 8 nitrogen and oxygen atoms in total. The molecule has 0 saturated carbocycles. The van der Waals surface area contributed by atoms with E-state index in [1.165, 1.54) is 0 Å². The average Bonchev–Trinajstić information content (AvgIpc) is 3.41.